The quantitative estimate of drug-likeness (QED) is 0.866. The molecule has 3 amide bonds. The number of hydrogen-bond donors (Lipinski definition) is 1. The number of hydrogen-bond acceptors (Lipinski definition) is 4. The lowest BCUT2D eigenvalue weighted by atomic mass is 10.1. The molecule has 1 fully saturated rings. The lowest BCUT2D eigenvalue weighted by Crippen LogP contribution is -2.25. The van der Waals surface area contributed by atoms with Crippen LogP contribution in [0.25, 0.3) is 10.8 Å². The van der Waals surface area contributed by atoms with Crippen molar-refractivity contribution in [3.8, 4) is 0 Å². The number of rotatable bonds is 2. The number of carbonyl (C=O) groups is 3. The highest BCUT2D eigenvalue weighted by Gasteiger charge is 2.26. The van der Waals surface area contributed by atoms with Crippen LogP contribution in [0.15, 0.2) is 53.4 Å². The van der Waals surface area contributed by atoms with Crippen molar-refractivity contribution in [2.75, 3.05) is 11.9 Å². The first-order valence-electron chi connectivity index (χ1n) is 6.56. The van der Waals surface area contributed by atoms with Gasteiger partial charge in [0.25, 0.3) is 17.1 Å². The molecule has 5 nitrogen and oxygen atoms in total. The molecule has 0 unspecified atom stereocenters. The fraction of sp³-hybridized carbons (Fsp3) is 0.0625. The van der Waals surface area contributed by atoms with Crippen LogP contribution in [0.1, 0.15) is 0 Å². The van der Waals surface area contributed by atoms with Crippen molar-refractivity contribution in [3.63, 3.8) is 0 Å². The molecule has 0 atom stereocenters. The minimum absolute atomic E-state index is 0.113. The van der Waals surface area contributed by atoms with Crippen LogP contribution in [0.3, 0.4) is 0 Å². The van der Waals surface area contributed by atoms with Gasteiger partial charge in [0.1, 0.15) is 0 Å². The van der Waals surface area contributed by atoms with Crippen molar-refractivity contribution in [1.82, 2.24) is 5.32 Å². The number of nitrogens with zero attached hydrogens (tertiary/aromatic N) is 1. The Labute approximate surface area is 131 Å². The van der Waals surface area contributed by atoms with E-state index in [-0.39, 0.29) is 10.8 Å². The molecule has 2 aromatic carbocycles. The van der Waals surface area contributed by atoms with Gasteiger partial charge in [0.05, 0.1) is 10.6 Å². The van der Waals surface area contributed by atoms with Gasteiger partial charge < -0.3 is 4.90 Å². The minimum Gasteiger partial charge on any atom is -0.311 e. The number of fused-ring (bicyclic) bond motifs is 1. The molecular formula is C16H12N2O3S. The van der Waals surface area contributed by atoms with Gasteiger partial charge in [-0.05, 0) is 23.2 Å². The van der Waals surface area contributed by atoms with Crippen molar-refractivity contribution in [2.24, 2.45) is 0 Å². The van der Waals surface area contributed by atoms with Crippen LogP contribution in [-0.4, -0.2) is 24.1 Å². The summed E-state index contributed by atoms with van der Waals surface area (Å²) in [5.41, 5.74) is 0.745. The van der Waals surface area contributed by atoms with Gasteiger partial charge in [-0.15, -0.1) is 0 Å². The normalized spacial score (nSPS) is 16.1. The summed E-state index contributed by atoms with van der Waals surface area (Å²) in [6.07, 6.45) is 1.19. The SMILES string of the molecule is CN(C(=O)/C=C1\SC(=O)NC1=O)c1cccc2ccccc12. The first kappa shape index (κ1) is 14.3. The van der Waals surface area contributed by atoms with E-state index in [1.54, 1.807) is 7.05 Å². The number of thioether (sulfide) groups is 1. The maximum Gasteiger partial charge on any atom is 0.290 e. The molecule has 110 valence electrons. The minimum atomic E-state index is -0.533. The molecule has 6 heteroatoms. The molecule has 1 aliphatic rings. The number of benzene rings is 2. The van der Waals surface area contributed by atoms with Crippen LogP contribution in [0.5, 0.6) is 0 Å². The van der Waals surface area contributed by atoms with Crippen LogP contribution in [0, 0.1) is 0 Å². The molecule has 1 heterocycles. The summed E-state index contributed by atoms with van der Waals surface area (Å²) in [5.74, 6) is -0.890. The van der Waals surface area contributed by atoms with Crippen LogP contribution in [0.4, 0.5) is 10.5 Å². The first-order valence-corrected chi connectivity index (χ1v) is 7.38. The van der Waals surface area contributed by atoms with Gasteiger partial charge in [-0.2, -0.15) is 0 Å². The van der Waals surface area contributed by atoms with Gasteiger partial charge in [0.2, 0.25) is 0 Å². The molecule has 0 saturated carbocycles. The largest absolute Gasteiger partial charge is 0.311 e. The molecule has 0 bridgehead atoms. The van der Waals surface area contributed by atoms with Gasteiger partial charge in [-0.3, -0.25) is 19.7 Å². The van der Waals surface area contributed by atoms with Crippen molar-refractivity contribution in [2.45, 2.75) is 0 Å². The van der Waals surface area contributed by atoms with Crippen LogP contribution in [-0.2, 0) is 9.59 Å². The molecule has 1 aliphatic heterocycles. The molecule has 0 aliphatic carbocycles. The molecule has 0 aromatic heterocycles. The zero-order chi connectivity index (χ0) is 15.7. The Hall–Kier alpha value is -2.60. The van der Waals surface area contributed by atoms with Crippen molar-refractivity contribution in [3.05, 3.63) is 53.4 Å². The van der Waals surface area contributed by atoms with Crippen LogP contribution < -0.4 is 10.2 Å². The van der Waals surface area contributed by atoms with E-state index in [0.717, 1.165) is 28.2 Å². The Bertz CT molecular complexity index is 824. The van der Waals surface area contributed by atoms with Crippen LogP contribution >= 0.6 is 11.8 Å². The summed E-state index contributed by atoms with van der Waals surface area (Å²) < 4.78 is 0. The maximum absolute atomic E-state index is 12.3. The Morgan fingerprint density at radius 3 is 2.59 bits per heavy atom. The summed E-state index contributed by atoms with van der Waals surface area (Å²) in [4.78, 5) is 36.5. The van der Waals surface area contributed by atoms with Crippen LogP contribution in [0.2, 0.25) is 0 Å². The predicted octanol–water partition coefficient (Wildman–Crippen LogP) is 2.67. The molecule has 1 N–H and O–H groups in total. The summed E-state index contributed by atoms with van der Waals surface area (Å²) >= 11 is 0.732. The third-order valence-corrected chi connectivity index (χ3v) is 4.17. The Morgan fingerprint density at radius 2 is 1.86 bits per heavy atom. The van der Waals surface area contributed by atoms with E-state index in [1.165, 1.54) is 11.0 Å². The smallest absolute Gasteiger partial charge is 0.290 e. The van der Waals surface area contributed by atoms with Crippen molar-refractivity contribution < 1.29 is 14.4 Å². The number of amides is 3. The molecule has 0 radical (unpaired) electrons. The number of likely N-dealkylation sites (N-methyl/N-ethyl adjacent to an activating group) is 1. The zero-order valence-electron chi connectivity index (χ0n) is 11.7. The Kier molecular flexibility index (Phi) is 3.68. The predicted molar refractivity (Wildman–Crippen MR) is 86.6 cm³/mol. The van der Waals surface area contributed by atoms with E-state index in [9.17, 15) is 14.4 Å². The van der Waals surface area contributed by atoms with Gasteiger partial charge >= 0.3 is 0 Å². The van der Waals surface area contributed by atoms with Gasteiger partial charge in [0.15, 0.2) is 0 Å². The summed E-state index contributed by atoms with van der Waals surface area (Å²) in [7, 11) is 1.64. The Balaban J connectivity index is 1.94. The molecule has 1 saturated heterocycles. The van der Waals surface area contributed by atoms with Gasteiger partial charge in [-0.1, -0.05) is 36.4 Å². The number of nitrogens with one attached hydrogen (secondary N) is 1. The van der Waals surface area contributed by atoms with E-state index in [4.69, 9.17) is 0 Å². The number of anilines is 1. The standard InChI is InChI=1S/C16H12N2O3S/c1-18(14(19)9-13-15(20)17-16(21)22-13)12-8-4-6-10-5-2-3-7-11(10)12/h2-9H,1H3,(H,17,20,21)/b13-9-. The van der Waals surface area contributed by atoms with E-state index in [2.05, 4.69) is 5.32 Å². The summed E-state index contributed by atoms with van der Waals surface area (Å²) in [6.45, 7) is 0. The molecule has 22 heavy (non-hydrogen) atoms. The maximum atomic E-state index is 12.3. The van der Waals surface area contributed by atoms with E-state index in [1.807, 2.05) is 42.5 Å². The number of imide groups is 1. The summed E-state index contributed by atoms with van der Waals surface area (Å²) in [5, 5.41) is 3.63. The Morgan fingerprint density at radius 1 is 1.14 bits per heavy atom. The lowest BCUT2D eigenvalue weighted by molar-refractivity contribution is -0.117. The van der Waals surface area contributed by atoms with E-state index < -0.39 is 11.1 Å². The highest BCUT2D eigenvalue weighted by molar-refractivity contribution is 8.18. The molecule has 2 aromatic rings. The zero-order valence-corrected chi connectivity index (χ0v) is 12.5. The van der Waals surface area contributed by atoms with Crippen molar-refractivity contribution >= 4 is 45.3 Å². The molecule has 0 spiro atoms. The van der Waals surface area contributed by atoms with Crippen molar-refractivity contribution in [1.29, 1.82) is 0 Å². The monoisotopic (exact) mass is 312 g/mol. The fourth-order valence-corrected chi connectivity index (χ4v) is 2.90. The van der Waals surface area contributed by atoms with E-state index >= 15 is 0 Å². The summed E-state index contributed by atoms with van der Waals surface area (Å²) in [6, 6.07) is 13.4. The lowest BCUT2D eigenvalue weighted by Gasteiger charge is -2.17. The second-order valence-corrected chi connectivity index (χ2v) is 5.76. The van der Waals surface area contributed by atoms with Gasteiger partial charge in [0, 0.05) is 18.5 Å². The third kappa shape index (κ3) is 2.60. The number of carbonyl (C=O) groups excluding carboxylic acids is 3. The topological polar surface area (TPSA) is 66.5 Å². The second kappa shape index (κ2) is 5.65. The fourth-order valence-electron chi connectivity index (χ4n) is 2.25. The second-order valence-electron chi connectivity index (χ2n) is 4.75. The molecule has 3 rings (SSSR count). The van der Waals surface area contributed by atoms with Gasteiger partial charge in [-0.25, -0.2) is 0 Å². The first-order chi connectivity index (χ1) is 10.6. The average molecular weight is 312 g/mol. The molecular weight excluding hydrogens is 300 g/mol. The average Bonchev–Trinajstić information content (AvgIpc) is 2.83. The van der Waals surface area contributed by atoms with E-state index in [0.29, 0.717) is 0 Å². The highest BCUT2D eigenvalue weighted by Crippen LogP contribution is 2.27. The highest BCUT2D eigenvalue weighted by atomic mass is 32.2. The third-order valence-electron chi connectivity index (χ3n) is 3.36.